The van der Waals surface area contributed by atoms with Crippen LogP contribution in [0.3, 0.4) is 0 Å². The fourth-order valence-corrected chi connectivity index (χ4v) is 7.87. The van der Waals surface area contributed by atoms with Crippen LogP contribution >= 0.6 is 11.6 Å². The van der Waals surface area contributed by atoms with E-state index in [1.807, 2.05) is 9.80 Å². The highest BCUT2D eigenvalue weighted by Gasteiger charge is 2.48. The number of carbonyl (C=O) groups excluding carboxylic acids is 1. The maximum absolute atomic E-state index is 15.4. The lowest BCUT2D eigenvalue weighted by Crippen LogP contribution is -2.43. The van der Waals surface area contributed by atoms with Gasteiger partial charge in [-0.15, -0.1) is 0 Å². The number of aryl methyl sites for hydroxylation is 1. The van der Waals surface area contributed by atoms with Crippen LogP contribution in [0.5, 0.6) is 6.01 Å². The molecule has 4 aliphatic heterocycles. The fourth-order valence-electron chi connectivity index (χ4n) is 7.59. The number of aromatic nitrogens is 4. The van der Waals surface area contributed by atoms with E-state index in [1.54, 1.807) is 18.8 Å². The Morgan fingerprint density at radius 2 is 1.94 bits per heavy atom. The van der Waals surface area contributed by atoms with Crippen molar-refractivity contribution in [3.05, 3.63) is 68.4 Å². The number of hydrogen-bond acceptors (Lipinski definition) is 9. The Morgan fingerprint density at radius 3 is 2.67 bits per heavy atom. The smallest absolute Gasteiger partial charge is 0.416 e. The molecule has 11 nitrogen and oxygen atoms in total. The number of nitrogens with zero attached hydrogens (tertiary/aromatic N) is 7. The fraction of sp³-hybridized carbons (Fsp3) is 0.515. The zero-order valence-corrected chi connectivity index (χ0v) is 28.6. The molecule has 1 amide bonds. The van der Waals surface area contributed by atoms with Crippen LogP contribution in [0, 0.1) is 5.82 Å². The Morgan fingerprint density at radius 1 is 1.16 bits per heavy atom. The summed E-state index contributed by atoms with van der Waals surface area (Å²) in [6, 6.07) is 1.48. The number of alkyl halides is 3. The molecule has 0 saturated carbocycles. The van der Waals surface area contributed by atoms with Gasteiger partial charge in [0.1, 0.15) is 12.4 Å². The van der Waals surface area contributed by atoms with Crippen molar-refractivity contribution < 1.29 is 40.6 Å². The van der Waals surface area contributed by atoms with Gasteiger partial charge in [0, 0.05) is 56.9 Å². The molecule has 6 heterocycles. The summed E-state index contributed by atoms with van der Waals surface area (Å²) in [4.78, 5) is 27.4. The molecule has 0 bridgehead atoms. The van der Waals surface area contributed by atoms with Crippen molar-refractivity contribution >= 4 is 29.0 Å². The van der Waals surface area contributed by atoms with E-state index < -0.39 is 46.5 Å². The van der Waals surface area contributed by atoms with E-state index in [1.165, 1.54) is 4.90 Å². The summed E-state index contributed by atoms with van der Waals surface area (Å²) in [7, 11) is 3.18. The molecule has 7 rings (SSSR count). The van der Waals surface area contributed by atoms with Crippen LogP contribution in [0.4, 0.5) is 37.8 Å². The first kappa shape index (κ1) is 35.3. The van der Waals surface area contributed by atoms with E-state index in [4.69, 9.17) is 31.8 Å². The van der Waals surface area contributed by atoms with E-state index >= 15 is 4.39 Å². The monoisotopic (exact) mass is 740 g/mol. The number of nitrogens with two attached hydrogens (primary N) is 1. The van der Waals surface area contributed by atoms with E-state index in [2.05, 4.69) is 10.1 Å². The molecule has 2 saturated heterocycles. The van der Waals surface area contributed by atoms with Crippen LogP contribution in [-0.4, -0.2) is 81.3 Å². The number of ether oxygens (including phenoxy) is 2. The van der Waals surface area contributed by atoms with E-state index in [0.29, 0.717) is 49.6 Å². The highest BCUT2D eigenvalue weighted by atomic mass is 35.5. The second kappa shape index (κ2) is 13.2. The van der Waals surface area contributed by atoms with Crippen molar-refractivity contribution in [1.29, 1.82) is 0 Å². The van der Waals surface area contributed by atoms with Crippen molar-refractivity contribution in [1.82, 2.24) is 29.5 Å². The Bertz CT molecular complexity index is 1920. The highest BCUT2D eigenvalue weighted by molar-refractivity contribution is 6.34. The maximum atomic E-state index is 15.4. The summed E-state index contributed by atoms with van der Waals surface area (Å²) in [5.41, 5.74) is 4.06. The number of amides is 1. The van der Waals surface area contributed by atoms with Crippen LogP contribution in [0.15, 0.2) is 23.8 Å². The van der Waals surface area contributed by atoms with E-state index in [-0.39, 0.29) is 73.0 Å². The van der Waals surface area contributed by atoms with Gasteiger partial charge >= 0.3 is 12.2 Å². The van der Waals surface area contributed by atoms with E-state index in [9.17, 15) is 26.7 Å². The first-order valence-electron chi connectivity index (χ1n) is 16.5. The van der Waals surface area contributed by atoms with Crippen molar-refractivity contribution in [3.63, 3.8) is 0 Å². The van der Waals surface area contributed by atoms with Gasteiger partial charge in [0.2, 0.25) is 0 Å². The minimum Gasteiger partial charge on any atom is -0.461 e. The molecular weight excluding hydrogens is 706 g/mol. The Labute approximate surface area is 293 Å². The van der Waals surface area contributed by atoms with Gasteiger partial charge in [-0.05, 0) is 44.4 Å². The van der Waals surface area contributed by atoms with Crippen molar-refractivity contribution in [2.24, 2.45) is 0 Å². The van der Waals surface area contributed by atoms with Crippen molar-refractivity contribution in [2.75, 3.05) is 51.0 Å². The average Bonchev–Trinajstić information content (AvgIpc) is 3.68. The molecule has 0 radical (unpaired) electrons. The van der Waals surface area contributed by atoms with Crippen LogP contribution in [-0.2, 0) is 37.0 Å². The van der Waals surface area contributed by atoms with Gasteiger partial charge in [0.15, 0.2) is 11.5 Å². The normalized spacial score (nSPS) is 22.0. The lowest BCUT2D eigenvalue weighted by Gasteiger charge is -2.33. The maximum Gasteiger partial charge on any atom is 0.416 e. The number of fused-ring (bicyclic) bond motifs is 3. The molecule has 2 unspecified atom stereocenters. The number of hydrogen-bond donors (Lipinski definition) is 1. The summed E-state index contributed by atoms with van der Waals surface area (Å²) < 4.78 is 98.7. The third kappa shape index (κ3) is 6.37. The summed E-state index contributed by atoms with van der Waals surface area (Å²) in [5.74, 6) is -1.24. The predicted octanol–water partition coefficient (Wildman–Crippen LogP) is 5.76. The second-order valence-corrected chi connectivity index (χ2v) is 14.0. The minimum absolute atomic E-state index is 0.00138. The lowest BCUT2D eigenvalue weighted by molar-refractivity contribution is -0.140. The molecule has 2 aromatic heterocycles. The molecule has 2 fully saturated rings. The Hall–Kier alpha value is -4.09. The predicted molar refractivity (Wildman–Crippen MR) is 173 cm³/mol. The first-order valence-corrected chi connectivity index (χ1v) is 16.8. The van der Waals surface area contributed by atoms with Gasteiger partial charge in [0.25, 0.3) is 12.0 Å². The van der Waals surface area contributed by atoms with Crippen molar-refractivity contribution in [3.8, 4) is 6.01 Å². The molecule has 1 aromatic carbocycles. The highest BCUT2D eigenvalue weighted by Crippen LogP contribution is 2.45. The molecular formula is C33H35ClF6N8O3. The number of rotatable bonds is 6. The van der Waals surface area contributed by atoms with Gasteiger partial charge in [-0.2, -0.15) is 37.0 Å². The van der Waals surface area contributed by atoms with Crippen LogP contribution in [0.2, 0.25) is 5.02 Å². The molecule has 274 valence electrons. The minimum atomic E-state index is -4.89. The van der Waals surface area contributed by atoms with Gasteiger partial charge in [-0.1, -0.05) is 11.6 Å². The molecule has 0 aliphatic carbocycles. The second-order valence-electron chi connectivity index (χ2n) is 13.6. The van der Waals surface area contributed by atoms with E-state index in [0.717, 1.165) is 18.6 Å². The lowest BCUT2D eigenvalue weighted by atomic mass is 9.93. The van der Waals surface area contributed by atoms with Crippen LogP contribution in [0.25, 0.3) is 0 Å². The summed E-state index contributed by atoms with van der Waals surface area (Å²) in [5, 5.41) is 4.64. The largest absolute Gasteiger partial charge is 0.461 e. The standard InChI is InChI=1S/C33H35ClF6N8O3/c1-45(2)30(49)27-25(34)22-14-46(8-4-10-48(22)44-27)29-18-15-50-23(24-19(33(38,39)40)5-6-20(41)26(24)35)11-21(18)42-31(43-29)51-16-32-7-3-9-47(32)13-17(12-32)28(36)37/h5-6,23H,3-4,7-16,41H2,1-2H3. The molecule has 4 aliphatic rings. The van der Waals surface area contributed by atoms with Gasteiger partial charge < -0.3 is 25.0 Å². The molecule has 18 heteroatoms. The Balaban J connectivity index is 1.27. The molecule has 3 aromatic rings. The molecule has 0 spiro atoms. The number of anilines is 2. The van der Waals surface area contributed by atoms with Crippen molar-refractivity contribution in [2.45, 2.75) is 69.6 Å². The van der Waals surface area contributed by atoms with Gasteiger partial charge in [0.05, 0.1) is 52.5 Å². The molecule has 2 N–H and O–H groups in total. The molecule has 51 heavy (non-hydrogen) atoms. The summed E-state index contributed by atoms with van der Waals surface area (Å²) >= 11 is 6.72. The number of benzene rings is 1. The van der Waals surface area contributed by atoms with Gasteiger partial charge in [-0.3, -0.25) is 14.4 Å². The zero-order valence-electron chi connectivity index (χ0n) is 27.8. The summed E-state index contributed by atoms with van der Waals surface area (Å²) in [6.45, 7) is 1.53. The third-order valence-corrected chi connectivity index (χ3v) is 10.5. The van der Waals surface area contributed by atoms with Crippen LogP contribution < -0.4 is 15.4 Å². The topological polar surface area (TPSA) is 115 Å². The molecule has 2 atom stereocenters. The Kier molecular flexibility index (Phi) is 9.11. The first-order chi connectivity index (χ1) is 24.2. The average molecular weight is 741 g/mol. The summed E-state index contributed by atoms with van der Waals surface area (Å²) in [6.07, 6.45) is -6.15. The quantitative estimate of drug-likeness (QED) is 0.249. The number of nitrogen functional groups attached to an aromatic ring is 1. The zero-order chi connectivity index (χ0) is 36.4. The number of halogens is 7. The SMILES string of the molecule is CN(C)C(=O)c1nn2c(c1Cl)CN(c1nc(OCC34CCCN3CC(=C(F)F)C4)nc3c1COC(c1c(C(F)(F)F)ccc(N)c1F)C3)CCC2. The van der Waals surface area contributed by atoms with Gasteiger partial charge in [-0.25, -0.2) is 4.39 Å². The third-order valence-electron chi connectivity index (χ3n) is 10.1. The number of carbonyl (C=O) groups is 1. The van der Waals surface area contributed by atoms with Crippen LogP contribution in [0.1, 0.15) is 70.4 Å².